The molecule has 0 heterocycles. The number of hydrogen-bond acceptors (Lipinski definition) is 3. The molecule has 4 N–H and O–H groups in total. The number of para-hydroxylation sites is 1. The summed E-state index contributed by atoms with van der Waals surface area (Å²) in [5.41, 5.74) is 4.00. The summed E-state index contributed by atoms with van der Waals surface area (Å²) in [5, 5.41) is 11.8. The highest BCUT2D eigenvalue weighted by Gasteiger charge is 2.08. The van der Waals surface area contributed by atoms with Gasteiger partial charge in [-0.1, -0.05) is 60.2 Å². The standard InChI is InChI=1S/C22H24N4O2S.HI/c1-17-10-12-18(13-11-17)15-24-22(26-20-7-3-2-4-8-20)25-16-19-6-5-9-21(14-19)29(23,27)28;/h2-14H,15-16H2,1H3,(H2,23,27,28)(H2,24,25,26);1H. The first-order valence-corrected chi connectivity index (χ1v) is 10.7. The van der Waals surface area contributed by atoms with Gasteiger partial charge in [-0.05, 0) is 42.3 Å². The molecule has 0 aliphatic rings. The van der Waals surface area contributed by atoms with Crippen LogP contribution in [0.2, 0.25) is 0 Å². The quantitative estimate of drug-likeness (QED) is 0.252. The van der Waals surface area contributed by atoms with Gasteiger partial charge in [-0.2, -0.15) is 0 Å². The number of nitrogens with two attached hydrogens (primary N) is 1. The zero-order valence-corrected chi connectivity index (χ0v) is 19.7. The smallest absolute Gasteiger partial charge is 0.238 e. The molecule has 0 saturated carbocycles. The second-order valence-electron chi connectivity index (χ2n) is 6.69. The minimum Gasteiger partial charge on any atom is -0.352 e. The van der Waals surface area contributed by atoms with Crippen LogP contribution in [0, 0.1) is 6.92 Å². The van der Waals surface area contributed by atoms with Gasteiger partial charge in [-0.3, -0.25) is 0 Å². The van der Waals surface area contributed by atoms with Gasteiger partial charge >= 0.3 is 0 Å². The van der Waals surface area contributed by atoms with Gasteiger partial charge in [0, 0.05) is 12.2 Å². The lowest BCUT2D eigenvalue weighted by Crippen LogP contribution is -2.30. The number of halogens is 1. The third-order valence-electron chi connectivity index (χ3n) is 4.26. The van der Waals surface area contributed by atoms with Crippen LogP contribution in [0.4, 0.5) is 5.69 Å². The van der Waals surface area contributed by atoms with E-state index in [1.807, 2.05) is 36.4 Å². The average molecular weight is 536 g/mol. The fourth-order valence-corrected chi connectivity index (χ4v) is 3.26. The minimum atomic E-state index is -3.74. The van der Waals surface area contributed by atoms with E-state index in [1.165, 1.54) is 11.6 Å². The summed E-state index contributed by atoms with van der Waals surface area (Å²) in [7, 11) is -3.74. The van der Waals surface area contributed by atoms with Crippen LogP contribution in [0.1, 0.15) is 16.7 Å². The van der Waals surface area contributed by atoms with Gasteiger partial charge in [0.2, 0.25) is 10.0 Å². The number of primary sulfonamides is 1. The third-order valence-corrected chi connectivity index (χ3v) is 5.17. The molecule has 0 amide bonds. The van der Waals surface area contributed by atoms with Gasteiger partial charge in [0.1, 0.15) is 0 Å². The maximum absolute atomic E-state index is 11.6. The van der Waals surface area contributed by atoms with Crippen LogP contribution in [-0.2, 0) is 23.1 Å². The highest BCUT2D eigenvalue weighted by Crippen LogP contribution is 2.11. The van der Waals surface area contributed by atoms with Crippen molar-refractivity contribution in [3.63, 3.8) is 0 Å². The molecule has 0 atom stereocenters. The lowest BCUT2D eigenvalue weighted by molar-refractivity contribution is 0.597. The molecule has 8 heteroatoms. The van der Waals surface area contributed by atoms with Crippen LogP contribution in [0.15, 0.2) is 88.8 Å². The van der Waals surface area contributed by atoms with Crippen molar-refractivity contribution < 1.29 is 8.42 Å². The molecule has 0 spiro atoms. The zero-order valence-electron chi connectivity index (χ0n) is 16.6. The fourth-order valence-electron chi connectivity index (χ4n) is 2.68. The largest absolute Gasteiger partial charge is 0.352 e. The lowest BCUT2D eigenvalue weighted by atomic mass is 10.1. The summed E-state index contributed by atoms with van der Waals surface area (Å²) in [6.45, 7) is 2.96. The number of anilines is 1. The number of sulfonamides is 1. The molecular weight excluding hydrogens is 511 g/mol. The summed E-state index contributed by atoms with van der Waals surface area (Å²) < 4.78 is 23.1. The predicted molar refractivity (Wildman–Crippen MR) is 132 cm³/mol. The van der Waals surface area contributed by atoms with Crippen molar-refractivity contribution in [2.45, 2.75) is 24.9 Å². The first-order chi connectivity index (χ1) is 13.9. The van der Waals surface area contributed by atoms with E-state index >= 15 is 0 Å². The number of aryl methyl sites for hydroxylation is 1. The molecule has 0 radical (unpaired) electrons. The summed E-state index contributed by atoms with van der Waals surface area (Å²) in [4.78, 5) is 4.68. The first kappa shape index (κ1) is 23.8. The van der Waals surface area contributed by atoms with Gasteiger partial charge in [0.25, 0.3) is 0 Å². The Bertz CT molecular complexity index is 1090. The Balaban J connectivity index is 0.00000320. The summed E-state index contributed by atoms with van der Waals surface area (Å²) >= 11 is 0. The van der Waals surface area contributed by atoms with E-state index in [-0.39, 0.29) is 28.9 Å². The SMILES string of the molecule is Cc1ccc(CNC(=NCc2cccc(S(N)(=O)=O)c2)Nc2ccccc2)cc1.I. The van der Waals surface area contributed by atoms with Crippen LogP contribution < -0.4 is 15.8 Å². The Morgan fingerprint density at radius 3 is 2.30 bits per heavy atom. The van der Waals surface area contributed by atoms with Crippen LogP contribution in [0.3, 0.4) is 0 Å². The van der Waals surface area contributed by atoms with Crippen molar-refractivity contribution in [3.05, 3.63) is 95.6 Å². The molecule has 0 aliphatic heterocycles. The number of rotatable bonds is 6. The maximum atomic E-state index is 11.6. The van der Waals surface area contributed by atoms with Crippen LogP contribution in [0.5, 0.6) is 0 Å². The number of benzene rings is 3. The lowest BCUT2D eigenvalue weighted by Gasteiger charge is -2.13. The second kappa shape index (κ2) is 11.1. The number of hydrogen-bond donors (Lipinski definition) is 3. The first-order valence-electron chi connectivity index (χ1n) is 9.18. The molecule has 3 aromatic carbocycles. The van der Waals surface area contributed by atoms with E-state index < -0.39 is 10.0 Å². The van der Waals surface area contributed by atoms with Gasteiger partial charge in [-0.15, -0.1) is 24.0 Å². The molecule has 0 unspecified atom stereocenters. The summed E-state index contributed by atoms with van der Waals surface area (Å²) in [6.07, 6.45) is 0. The van der Waals surface area contributed by atoms with E-state index in [0.29, 0.717) is 19.0 Å². The van der Waals surface area contributed by atoms with E-state index in [0.717, 1.165) is 16.8 Å². The van der Waals surface area contributed by atoms with Crippen LogP contribution >= 0.6 is 24.0 Å². The average Bonchev–Trinajstić information content (AvgIpc) is 2.71. The Morgan fingerprint density at radius 1 is 0.933 bits per heavy atom. The van der Waals surface area contributed by atoms with Gasteiger partial charge in [0.15, 0.2) is 5.96 Å². The molecule has 30 heavy (non-hydrogen) atoms. The van der Waals surface area contributed by atoms with Crippen molar-refractivity contribution in [3.8, 4) is 0 Å². The molecule has 0 saturated heterocycles. The molecule has 0 aromatic heterocycles. The monoisotopic (exact) mass is 536 g/mol. The maximum Gasteiger partial charge on any atom is 0.238 e. The number of aliphatic imine (C=N–C) groups is 1. The van der Waals surface area contributed by atoms with Crippen LogP contribution in [-0.4, -0.2) is 14.4 Å². The minimum absolute atomic E-state index is 0. The number of guanidine groups is 1. The van der Waals surface area contributed by atoms with Gasteiger partial charge in [0.05, 0.1) is 11.4 Å². The van der Waals surface area contributed by atoms with Crippen molar-refractivity contribution in [1.82, 2.24) is 5.32 Å². The van der Waals surface area contributed by atoms with Gasteiger partial charge in [-0.25, -0.2) is 18.5 Å². The van der Waals surface area contributed by atoms with Crippen molar-refractivity contribution in [2.24, 2.45) is 10.1 Å². The summed E-state index contributed by atoms with van der Waals surface area (Å²) in [6, 6.07) is 24.5. The second-order valence-corrected chi connectivity index (χ2v) is 8.25. The van der Waals surface area contributed by atoms with Crippen LogP contribution in [0.25, 0.3) is 0 Å². The van der Waals surface area contributed by atoms with E-state index in [4.69, 9.17) is 5.14 Å². The van der Waals surface area contributed by atoms with Crippen molar-refractivity contribution in [2.75, 3.05) is 5.32 Å². The Labute approximate surface area is 194 Å². The molecule has 0 aliphatic carbocycles. The molecule has 0 fully saturated rings. The van der Waals surface area contributed by atoms with Crippen molar-refractivity contribution >= 4 is 45.6 Å². The zero-order chi connectivity index (χ0) is 20.7. The Hall–Kier alpha value is -2.43. The number of nitrogens with zero attached hydrogens (tertiary/aromatic N) is 1. The summed E-state index contributed by atoms with van der Waals surface area (Å²) in [5.74, 6) is 0.595. The normalized spacial score (nSPS) is 11.5. The molecule has 3 rings (SSSR count). The highest BCUT2D eigenvalue weighted by atomic mass is 127. The molecule has 158 valence electrons. The van der Waals surface area contributed by atoms with E-state index in [1.54, 1.807) is 12.1 Å². The Morgan fingerprint density at radius 2 is 1.63 bits per heavy atom. The third kappa shape index (κ3) is 7.43. The van der Waals surface area contributed by atoms with Gasteiger partial charge < -0.3 is 10.6 Å². The molecular formula is C22H25IN4O2S. The molecule has 3 aromatic rings. The molecule has 0 bridgehead atoms. The van der Waals surface area contributed by atoms with E-state index in [2.05, 4.69) is 46.8 Å². The Kier molecular flexibility index (Phi) is 8.82. The highest BCUT2D eigenvalue weighted by molar-refractivity contribution is 14.0. The topological polar surface area (TPSA) is 96.6 Å². The fraction of sp³-hybridized carbons (Fsp3) is 0.136. The van der Waals surface area contributed by atoms with E-state index in [9.17, 15) is 8.42 Å². The number of nitrogens with one attached hydrogen (secondary N) is 2. The molecule has 6 nitrogen and oxygen atoms in total. The predicted octanol–water partition coefficient (Wildman–Crippen LogP) is 4.02. The van der Waals surface area contributed by atoms with Crippen molar-refractivity contribution in [1.29, 1.82) is 0 Å².